The van der Waals surface area contributed by atoms with Crippen LogP contribution in [0.4, 0.5) is 10.1 Å². The lowest BCUT2D eigenvalue weighted by atomic mass is 9.97. The highest BCUT2D eigenvalue weighted by Crippen LogP contribution is 2.21. The van der Waals surface area contributed by atoms with Crippen molar-refractivity contribution in [2.45, 2.75) is 19.3 Å². The van der Waals surface area contributed by atoms with Gasteiger partial charge in [-0.25, -0.2) is 4.39 Å². The molecule has 0 radical (unpaired) electrons. The average Bonchev–Trinajstić information content (AvgIpc) is 2.57. The predicted molar refractivity (Wildman–Crippen MR) is 90.5 cm³/mol. The molecule has 6 heteroatoms. The summed E-state index contributed by atoms with van der Waals surface area (Å²) in [4.78, 5) is 24.0. The van der Waals surface area contributed by atoms with Gasteiger partial charge in [-0.2, -0.15) is 0 Å². The fourth-order valence-corrected chi connectivity index (χ4v) is 2.40. The molecule has 126 valence electrons. The average molecular weight is 350 g/mol. The quantitative estimate of drug-likeness (QED) is 0.797. The van der Waals surface area contributed by atoms with Crippen LogP contribution in [0.3, 0.4) is 0 Å². The minimum atomic E-state index is -0.655. The monoisotopic (exact) mass is 349 g/mol. The molecule has 1 N–H and O–H groups in total. The molecule has 24 heavy (non-hydrogen) atoms. The molecule has 1 amide bonds. The van der Waals surface area contributed by atoms with Gasteiger partial charge in [0.25, 0.3) is 5.91 Å². The number of amides is 1. The minimum Gasteiger partial charge on any atom is -0.455 e. The maximum absolute atomic E-state index is 13.6. The molecule has 0 saturated heterocycles. The van der Waals surface area contributed by atoms with E-state index in [1.165, 1.54) is 12.1 Å². The third kappa shape index (κ3) is 4.80. The zero-order valence-electron chi connectivity index (χ0n) is 13.1. The first kappa shape index (κ1) is 17.9. The van der Waals surface area contributed by atoms with Gasteiger partial charge in [-0.1, -0.05) is 48.9 Å². The number of carbonyl (C=O) groups excluding carboxylic acids is 2. The van der Waals surface area contributed by atoms with E-state index in [9.17, 15) is 14.0 Å². The number of rotatable bonds is 6. The number of halogens is 2. The number of hydrogen-bond acceptors (Lipinski definition) is 3. The molecule has 0 aliphatic heterocycles. The SMILES string of the molecule is CC[C@H](C(=O)OCC(=O)Nc1ccc(Cl)cc1F)c1ccccc1. The molecular weight excluding hydrogens is 333 g/mol. The van der Waals surface area contributed by atoms with Crippen molar-refractivity contribution in [2.75, 3.05) is 11.9 Å². The number of ether oxygens (including phenoxy) is 1. The van der Waals surface area contributed by atoms with Crippen LogP contribution >= 0.6 is 11.6 Å². The van der Waals surface area contributed by atoms with E-state index in [1.54, 1.807) is 0 Å². The van der Waals surface area contributed by atoms with Crippen LogP contribution in [0, 0.1) is 5.82 Å². The lowest BCUT2D eigenvalue weighted by molar-refractivity contribution is -0.149. The van der Waals surface area contributed by atoms with E-state index in [2.05, 4.69) is 5.32 Å². The second-order valence-electron chi connectivity index (χ2n) is 5.15. The van der Waals surface area contributed by atoms with Crippen molar-refractivity contribution in [1.82, 2.24) is 0 Å². The fourth-order valence-electron chi connectivity index (χ4n) is 2.24. The Balaban J connectivity index is 1.92. The second kappa shape index (κ2) is 8.45. The van der Waals surface area contributed by atoms with Crippen molar-refractivity contribution in [3.8, 4) is 0 Å². The van der Waals surface area contributed by atoms with Crippen LogP contribution in [-0.2, 0) is 14.3 Å². The molecule has 4 nitrogen and oxygen atoms in total. The fraction of sp³-hybridized carbons (Fsp3) is 0.222. The van der Waals surface area contributed by atoms with Crippen LogP contribution in [0.1, 0.15) is 24.8 Å². The van der Waals surface area contributed by atoms with Gasteiger partial charge < -0.3 is 10.1 Å². The third-order valence-electron chi connectivity index (χ3n) is 3.45. The molecule has 0 unspecified atom stereocenters. The van der Waals surface area contributed by atoms with Gasteiger partial charge in [-0.15, -0.1) is 0 Å². The first-order valence-electron chi connectivity index (χ1n) is 7.47. The summed E-state index contributed by atoms with van der Waals surface area (Å²) >= 11 is 5.64. The van der Waals surface area contributed by atoms with E-state index in [0.29, 0.717) is 6.42 Å². The van der Waals surface area contributed by atoms with Gasteiger partial charge in [0.2, 0.25) is 0 Å². The maximum Gasteiger partial charge on any atom is 0.313 e. The molecule has 2 aromatic rings. The normalized spacial score (nSPS) is 11.6. The summed E-state index contributed by atoms with van der Waals surface area (Å²) in [7, 11) is 0. The Hall–Kier alpha value is -2.40. The first-order chi connectivity index (χ1) is 11.5. The Labute approximate surface area is 144 Å². The van der Waals surface area contributed by atoms with Crippen molar-refractivity contribution < 1.29 is 18.7 Å². The molecule has 0 spiro atoms. The van der Waals surface area contributed by atoms with Crippen molar-refractivity contribution >= 4 is 29.2 Å². The summed E-state index contributed by atoms with van der Waals surface area (Å²) < 4.78 is 18.7. The molecule has 0 aliphatic rings. The molecule has 2 rings (SSSR count). The van der Waals surface area contributed by atoms with E-state index in [0.717, 1.165) is 11.6 Å². The van der Waals surface area contributed by atoms with Crippen molar-refractivity contribution in [2.24, 2.45) is 0 Å². The summed E-state index contributed by atoms with van der Waals surface area (Å²) in [5.41, 5.74) is 0.810. The van der Waals surface area contributed by atoms with Gasteiger partial charge in [0.05, 0.1) is 11.6 Å². The largest absolute Gasteiger partial charge is 0.455 e. The van der Waals surface area contributed by atoms with E-state index in [4.69, 9.17) is 16.3 Å². The number of benzene rings is 2. The summed E-state index contributed by atoms with van der Waals surface area (Å²) in [5, 5.41) is 2.57. The van der Waals surface area contributed by atoms with Crippen molar-refractivity contribution in [3.05, 3.63) is 64.9 Å². The zero-order valence-corrected chi connectivity index (χ0v) is 13.8. The zero-order chi connectivity index (χ0) is 17.5. The van der Waals surface area contributed by atoms with Crippen LogP contribution in [0.25, 0.3) is 0 Å². The number of esters is 1. The Morgan fingerprint density at radius 2 is 1.92 bits per heavy atom. The van der Waals surface area contributed by atoms with E-state index in [1.807, 2.05) is 37.3 Å². The Morgan fingerprint density at radius 1 is 1.21 bits per heavy atom. The predicted octanol–water partition coefficient (Wildman–Crippen LogP) is 4.15. The first-order valence-corrected chi connectivity index (χ1v) is 7.85. The van der Waals surface area contributed by atoms with Gasteiger partial charge >= 0.3 is 5.97 Å². The van der Waals surface area contributed by atoms with E-state index in [-0.39, 0.29) is 10.7 Å². The van der Waals surface area contributed by atoms with Crippen LogP contribution in [-0.4, -0.2) is 18.5 Å². The Morgan fingerprint density at radius 3 is 2.54 bits per heavy atom. The number of anilines is 1. The number of carbonyl (C=O) groups is 2. The smallest absolute Gasteiger partial charge is 0.313 e. The molecule has 0 heterocycles. The highest BCUT2D eigenvalue weighted by atomic mass is 35.5. The van der Waals surface area contributed by atoms with Gasteiger partial charge in [0.15, 0.2) is 6.61 Å². The number of hydrogen-bond donors (Lipinski definition) is 1. The van der Waals surface area contributed by atoms with Gasteiger partial charge in [0.1, 0.15) is 5.82 Å². The van der Waals surface area contributed by atoms with Crippen LogP contribution in [0.5, 0.6) is 0 Å². The highest BCUT2D eigenvalue weighted by molar-refractivity contribution is 6.30. The minimum absolute atomic E-state index is 0.0180. The topological polar surface area (TPSA) is 55.4 Å². The van der Waals surface area contributed by atoms with Crippen molar-refractivity contribution in [3.63, 3.8) is 0 Å². The lowest BCUT2D eigenvalue weighted by Gasteiger charge is -2.14. The van der Waals surface area contributed by atoms with E-state index < -0.39 is 30.2 Å². The van der Waals surface area contributed by atoms with Gasteiger partial charge in [-0.05, 0) is 30.2 Å². The summed E-state index contributed by atoms with van der Waals surface area (Å²) in [6, 6.07) is 13.1. The van der Waals surface area contributed by atoms with E-state index >= 15 is 0 Å². The number of nitrogens with one attached hydrogen (secondary N) is 1. The molecule has 2 aromatic carbocycles. The lowest BCUT2D eigenvalue weighted by Crippen LogP contribution is -2.24. The molecule has 0 aromatic heterocycles. The molecule has 0 aliphatic carbocycles. The molecule has 0 fully saturated rings. The van der Waals surface area contributed by atoms with Gasteiger partial charge in [-0.3, -0.25) is 9.59 Å². The van der Waals surface area contributed by atoms with Crippen LogP contribution in [0.15, 0.2) is 48.5 Å². The third-order valence-corrected chi connectivity index (χ3v) is 3.68. The summed E-state index contributed by atoms with van der Waals surface area (Å²) in [6.07, 6.45) is 0.552. The Kier molecular flexibility index (Phi) is 6.32. The Bertz CT molecular complexity index is 721. The molecule has 0 saturated carbocycles. The maximum atomic E-state index is 13.6. The standard InChI is InChI=1S/C18H17ClFNO3/c1-2-14(12-6-4-3-5-7-12)18(23)24-11-17(22)21-16-9-8-13(19)10-15(16)20/h3-10,14H,2,11H2,1H3,(H,21,22)/t14-/m0/s1. The second-order valence-corrected chi connectivity index (χ2v) is 5.59. The summed E-state index contributed by atoms with van der Waals surface area (Å²) in [6.45, 7) is 1.38. The molecular formula is C18H17ClFNO3. The van der Waals surface area contributed by atoms with Crippen LogP contribution in [0.2, 0.25) is 5.02 Å². The molecule has 1 atom stereocenters. The highest BCUT2D eigenvalue weighted by Gasteiger charge is 2.21. The molecule has 0 bridgehead atoms. The van der Waals surface area contributed by atoms with Gasteiger partial charge in [0, 0.05) is 5.02 Å². The van der Waals surface area contributed by atoms with Crippen LogP contribution < -0.4 is 5.32 Å². The van der Waals surface area contributed by atoms with Crippen molar-refractivity contribution in [1.29, 1.82) is 0 Å². The summed E-state index contributed by atoms with van der Waals surface area (Å²) in [5.74, 6) is -2.20.